The summed E-state index contributed by atoms with van der Waals surface area (Å²) >= 11 is 5.23. The van der Waals surface area contributed by atoms with Gasteiger partial charge in [0.1, 0.15) is 18.4 Å². The molecule has 4 atom stereocenters. The Morgan fingerprint density at radius 3 is 2.85 bits per heavy atom. The van der Waals surface area contributed by atoms with Gasteiger partial charge >= 0.3 is 5.69 Å². The monoisotopic (exact) mass is 303 g/mol. The van der Waals surface area contributed by atoms with Crippen molar-refractivity contribution in [2.75, 3.05) is 6.61 Å². The Labute approximate surface area is 116 Å². The van der Waals surface area contributed by atoms with Gasteiger partial charge < -0.3 is 20.1 Å². The highest BCUT2D eigenvalue weighted by Crippen LogP contribution is 2.36. The minimum absolute atomic E-state index is 0.599. The molecule has 1 aromatic rings. The molecule has 4 N–H and O–H groups in total. The maximum Gasteiger partial charge on any atom is 0.347 e. The van der Waals surface area contributed by atoms with E-state index in [1.165, 1.54) is 0 Å². The molecular weight excluding hydrogens is 294 g/mol. The SMILES string of the molecule is O=c1cnn(C2OC(CO)[C@H](O)C2(O)C#CCl)c(=O)[nH]1. The molecule has 0 aliphatic carbocycles. The summed E-state index contributed by atoms with van der Waals surface area (Å²) in [6.45, 7) is -0.623. The third-order valence-corrected chi connectivity index (χ3v) is 2.96. The largest absolute Gasteiger partial charge is 0.394 e. The summed E-state index contributed by atoms with van der Waals surface area (Å²) in [7, 11) is 0. The van der Waals surface area contributed by atoms with Gasteiger partial charge in [0, 0.05) is 5.38 Å². The first kappa shape index (κ1) is 14.7. The maximum atomic E-state index is 11.6. The quantitative estimate of drug-likeness (QED) is 0.430. The molecule has 0 amide bonds. The average Bonchev–Trinajstić information content (AvgIpc) is 2.63. The second kappa shape index (κ2) is 5.35. The topological polar surface area (TPSA) is 138 Å². The molecule has 0 saturated carbocycles. The number of aromatic amines is 1. The molecule has 1 aliphatic heterocycles. The second-order valence-corrected chi connectivity index (χ2v) is 4.27. The molecule has 2 rings (SSSR count). The number of H-pyrrole nitrogens is 1. The van der Waals surface area contributed by atoms with Crippen LogP contribution in [0.2, 0.25) is 0 Å². The van der Waals surface area contributed by atoms with Crippen molar-refractivity contribution in [3.8, 4) is 11.3 Å². The Kier molecular flexibility index (Phi) is 3.94. The fourth-order valence-corrected chi connectivity index (χ4v) is 2.05. The van der Waals surface area contributed by atoms with Crippen LogP contribution in [0.25, 0.3) is 0 Å². The molecule has 0 aromatic carbocycles. The van der Waals surface area contributed by atoms with Gasteiger partial charge in [-0.25, -0.2) is 4.79 Å². The molecule has 1 aliphatic rings. The number of hydrogen-bond acceptors (Lipinski definition) is 7. The van der Waals surface area contributed by atoms with Crippen molar-refractivity contribution >= 4 is 11.6 Å². The summed E-state index contributed by atoms with van der Waals surface area (Å²) in [5.41, 5.74) is -3.97. The molecule has 1 aromatic heterocycles. The zero-order chi connectivity index (χ0) is 14.9. The molecule has 0 bridgehead atoms. The van der Waals surface area contributed by atoms with Crippen LogP contribution in [-0.4, -0.2) is 54.5 Å². The van der Waals surface area contributed by atoms with Gasteiger partial charge in [0.15, 0.2) is 6.23 Å². The number of halogens is 1. The van der Waals surface area contributed by atoms with E-state index in [1.54, 1.807) is 0 Å². The average molecular weight is 304 g/mol. The van der Waals surface area contributed by atoms with E-state index in [1.807, 2.05) is 10.4 Å². The van der Waals surface area contributed by atoms with E-state index in [-0.39, 0.29) is 0 Å². The molecule has 108 valence electrons. The summed E-state index contributed by atoms with van der Waals surface area (Å²) in [5.74, 6) is 2.12. The van der Waals surface area contributed by atoms with Gasteiger partial charge in [-0.3, -0.25) is 9.78 Å². The van der Waals surface area contributed by atoms with Crippen molar-refractivity contribution in [2.45, 2.75) is 24.0 Å². The summed E-state index contributed by atoms with van der Waals surface area (Å²) in [5, 5.41) is 34.7. The van der Waals surface area contributed by atoms with E-state index in [2.05, 4.69) is 11.0 Å². The Bertz CT molecular complexity index is 676. The molecule has 10 heteroatoms. The van der Waals surface area contributed by atoms with E-state index in [0.29, 0.717) is 4.68 Å². The molecule has 1 fully saturated rings. The molecule has 20 heavy (non-hydrogen) atoms. The number of rotatable bonds is 2. The van der Waals surface area contributed by atoms with E-state index >= 15 is 0 Å². The second-order valence-electron chi connectivity index (χ2n) is 4.08. The van der Waals surface area contributed by atoms with Crippen LogP contribution >= 0.6 is 11.6 Å². The molecule has 0 radical (unpaired) electrons. The minimum Gasteiger partial charge on any atom is -0.394 e. The van der Waals surface area contributed by atoms with Gasteiger partial charge in [0.05, 0.1) is 6.61 Å². The van der Waals surface area contributed by atoms with Crippen molar-refractivity contribution in [1.29, 1.82) is 0 Å². The number of hydrogen-bond donors (Lipinski definition) is 4. The van der Waals surface area contributed by atoms with Crippen LogP contribution in [0.5, 0.6) is 0 Å². The molecule has 3 unspecified atom stereocenters. The van der Waals surface area contributed by atoms with E-state index in [9.17, 15) is 19.8 Å². The third kappa shape index (κ3) is 2.24. The van der Waals surface area contributed by atoms with Gasteiger partial charge in [0.2, 0.25) is 5.60 Å². The van der Waals surface area contributed by atoms with Crippen molar-refractivity contribution in [2.24, 2.45) is 0 Å². The third-order valence-electron chi connectivity index (χ3n) is 2.87. The lowest BCUT2D eigenvalue weighted by atomic mass is 9.95. The van der Waals surface area contributed by atoms with Crippen LogP contribution in [0.1, 0.15) is 6.23 Å². The summed E-state index contributed by atoms with van der Waals surface area (Å²) in [4.78, 5) is 24.5. The molecular formula is C10H10ClN3O6. The van der Waals surface area contributed by atoms with Crippen LogP contribution in [0.4, 0.5) is 0 Å². The number of ether oxygens (including phenoxy) is 1. The Morgan fingerprint density at radius 2 is 2.30 bits per heavy atom. The fourth-order valence-electron chi connectivity index (χ4n) is 1.90. The number of aromatic nitrogens is 3. The number of aliphatic hydroxyl groups excluding tert-OH is 2. The lowest BCUT2D eigenvalue weighted by Gasteiger charge is -2.25. The van der Waals surface area contributed by atoms with Crippen molar-refractivity contribution in [3.63, 3.8) is 0 Å². The fraction of sp³-hybridized carbons (Fsp3) is 0.500. The zero-order valence-electron chi connectivity index (χ0n) is 9.86. The van der Waals surface area contributed by atoms with Gasteiger partial charge in [-0.2, -0.15) is 9.78 Å². The van der Waals surface area contributed by atoms with Crippen LogP contribution < -0.4 is 11.2 Å². The normalized spacial score (nSPS) is 32.7. The highest BCUT2D eigenvalue weighted by atomic mass is 35.5. The summed E-state index contributed by atoms with van der Waals surface area (Å²) in [6, 6.07) is 0. The molecule has 0 spiro atoms. The molecule has 1 saturated heterocycles. The molecule has 9 nitrogen and oxygen atoms in total. The predicted octanol–water partition coefficient (Wildman–Crippen LogP) is -2.89. The van der Waals surface area contributed by atoms with E-state index < -0.39 is 41.9 Å². The zero-order valence-corrected chi connectivity index (χ0v) is 10.6. The highest BCUT2D eigenvalue weighted by Gasteiger charge is 2.56. The number of aliphatic hydroxyl groups is 3. The van der Waals surface area contributed by atoms with Crippen LogP contribution in [-0.2, 0) is 4.74 Å². The van der Waals surface area contributed by atoms with E-state index in [4.69, 9.17) is 21.4 Å². The predicted molar refractivity (Wildman–Crippen MR) is 64.7 cm³/mol. The molecule has 2 heterocycles. The smallest absolute Gasteiger partial charge is 0.347 e. The van der Waals surface area contributed by atoms with Crippen LogP contribution in [0.15, 0.2) is 15.8 Å². The lowest BCUT2D eigenvalue weighted by molar-refractivity contribution is -0.0837. The van der Waals surface area contributed by atoms with Crippen LogP contribution in [0.3, 0.4) is 0 Å². The van der Waals surface area contributed by atoms with Gasteiger partial charge in [-0.05, 0) is 17.5 Å². The first-order valence-corrected chi connectivity index (χ1v) is 5.79. The van der Waals surface area contributed by atoms with Crippen molar-refractivity contribution in [3.05, 3.63) is 27.0 Å². The van der Waals surface area contributed by atoms with Crippen molar-refractivity contribution in [1.82, 2.24) is 14.8 Å². The number of nitrogens with one attached hydrogen (secondary N) is 1. The van der Waals surface area contributed by atoms with Crippen molar-refractivity contribution < 1.29 is 20.1 Å². The van der Waals surface area contributed by atoms with Gasteiger partial charge in [-0.1, -0.05) is 0 Å². The maximum absolute atomic E-state index is 11.6. The minimum atomic E-state index is -2.26. The Morgan fingerprint density at radius 1 is 1.60 bits per heavy atom. The van der Waals surface area contributed by atoms with Gasteiger partial charge in [-0.15, -0.1) is 0 Å². The Balaban J connectivity index is 2.55. The highest BCUT2D eigenvalue weighted by molar-refractivity contribution is 6.30. The Hall–Kier alpha value is -1.70. The lowest BCUT2D eigenvalue weighted by Crippen LogP contribution is -2.49. The summed E-state index contributed by atoms with van der Waals surface area (Å²) in [6.07, 6.45) is -3.56. The van der Waals surface area contributed by atoms with Gasteiger partial charge in [0.25, 0.3) is 5.56 Å². The standard InChI is InChI=1S/C10H10ClN3O6/c11-2-1-10(19)7(17)5(4-15)20-8(10)14-9(18)13-6(16)3-12-14/h3,5,7-8,15,17,19H,4H2,(H,13,16,18)/t5?,7-,8?,10?/m0/s1. The first-order chi connectivity index (χ1) is 9.43. The summed E-state index contributed by atoms with van der Waals surface area (Å²) < 4.78 is 5.76. The van der Waals surface area contributed by atoms with E-state index in [0.717, 1.165) is 6.20 Å². The first-order valence-electron chi connectivity index (χ1n) is 5.41. The van der Waals surface area contributed by atoms with Crippen LogP contribution in [0, 0.1) is 11.3 Å². The number of nitrogens with zero attached hydrogens (tertiary/aromatic N) is 2.